The van der Waals surface area contributed by atoms with Gasteiger partial charge in [-0.05, 0) is 29.7 Å². The van der Waals surface area contributed by atoms with Gasteiger partial charge in [0, 0.05) is 24.0 Å². The second-order valence-corrected chi connectivity index (χ2v) is 7.73. The second kappa shape index (κ2) is 7.28. The zero-order chi connectivity index (χ0) is 17.9. The van der Waals surface area contributed by atoms with Gasteiger partial charge >= 0.3 is 0 Å². The highest BCUT2D eigenvalue weighted by molar-refractivity contribution is 5.80. The van der Waals surface area contributed by atoms with Crippen molar-refractivity contribution in [3.05, 3.63) is 77.6 Å². The van der Waals surface area contributed by atoms with Crippen LogP contribution in [0.5, 0.6) is 0 Å². The standard InChI is InChI=1S/C23H27NO/c1-23(2,3)20-13-11-18(12-14-20)8-7-15-24(4)16-19-17-25-22-10-6-5-9-21(19)22/h5-14,17H,15-16H2,1-4H3. The van der Waals surface area contributed by atoms with E-state index >= 15 is 0 Å². The molecule has 0 radical (unpaired) electrons. The van der Waals surface area contributed by atoms with E-state index in [1.165, 1.54) is 22.1 Å². The van der Waals surface area contributed by atoms with Gasteiger partial charge in [0.15, 0.2) is 0 Å². The molecule has 0 saturated heterocycles. The molecule has 1 aromatic heterocycles. The molecular formula is C23H27NO. The minimum Gasteiger partial charge on any atom is -0.464 e. The quantitative estimate of drug-likeness (QED) is 0.580. The van der Waals surface area contributed by atoms with Crippen LogP contribution < -0.4 is 0 Å². The van der Waals surface area contributed by atoms with Crippen LogP contribution in [0.1, 0.15) is 37.5 Å². The number of rotatable bonds is 5. The molecule has 2 heteroatoms. The molecule has 0 atom stereocenters. The molecular weight excluding hydrogens is 306 g/mol. The topological polar surface area (TPSA) is 16.4 Å². The number of nitrogens with zero attached hydrogens (tertiary/aromatic N) is 1. The van der Waals surface area contributed by atoms with Crippen LogP contribution in [-0.2, 0) is 12.0 Å². The Hall–Kier alpha value is -2.32. The van der Waals surface area contributed by atoms with Crippen LogP contribution in [0.15, 0.2) is 65.3 Å². The van der Waals surface area contributed by atoms with Gasteiger partial charge in [0.1, 0.15) is 5.58 Å². The number of furan rings is 1. The zero-order valence-corrected chi connectivity index (χ0v) is 15.6. The average Bonchev–Trinajstić information content (AvgIpc) is 2.98. The lowest BCUT2D eigenvalue weighted by Crippen LogP contribution is -2.17. The fourth-order valence-corrected chi connectivity index (χ4v) is 2.97. The van der Waals surface area contributed by atoms with E-state index in [1.54, 1.807) is 0 Å². The Morgan fingerprint density at radius 3 is 2.44 bits per heavy atom. The summed E-state index contributed by atoms with van der Waals surface area (Å²) >= 11 is 0. The van der Waals surface area contributed by atoms with Crippen molar-refractivity contribution in [2.75, 3.05) is 13.6 Å². The SMILES string of the molecule is CN(CC=Cc1ccc(C(C)(C)C)cc1)Cc1coc2ccccc12. The molecule has 0 amide bonds. The molecule has 0 N–H and O–H groups in total. The first-order chi connectivity index (χ1) is 11.9. The average molecular weight is 333 g/mol. The highest BCUT2D eigenvalue weighted by Crippen LogP contribution is 2.23. The van der Waals surface area contributed by atoms with Crippen molar-refractivity contribution in [2.24, 2.45) is 0 Å². The summed E-state index contributed by atoms with van der Waals surface area (Å²) in [5.41, 5.74) is 5.01. The van der Waals surface area contributed by atoms with Crippen molar-refractivity contribution in [2.45, 2.75) is 32.7 Å². The number of hydrogen-bond acceptors (Lipinski definition) is 2. The van der Waals surface area contributed by atoms with Crippen molar-refractivity contribution in [3.63, 3.8) is 0 Å². The first-order valence-electron chi connectivity index (χ1n) is 8.84. The minimum absolute atomic E-state index is 0.204. The van der Waals surface area contributed by atoms with Crippen LogP contribution in [0.25, 0.3) is 17.0 Å². The van der Waals surface area contributed by atoms with E-state index in [4.69, 9.17) is 4.42 Å². The summed E-state index contributed by atoms with van der Waals surface area (Å²) in [5.74, 6) is 0. The van der Waals surface area contributed by atoms with E-state index in [1.807, 2.05) is 18.4 Å². The Kier molecular flexibility index (Phi) is 5.10. The monoisotopic (exact) mass is 333 g/mol. The van der Waals surface area contributed by atoms with E-state index < -0.39 is 0 Å². The van der Waals surface area contributed by atoms with Gasteiger partial charge < -0.3 is 4.42 Å². The molecule has 3 rings (SSSR count). The Morgan fingerprint density at radius 1 is 1.00 bits per heavy atom. The number of hydrogen-bond donors (Lipinski definition) is 0. The molecule has 0 unspecified atom stereocenters. The van der Waals surface area contributed by atoms with E-state index in [0.29, 0.717) is 0 Å². The minimum atomic E-state index is 0.204. The van der Waals surface area contributed by atoms with Crippen LogP contribution in [0.2, 0.25) is 0 Å². The summed E-state index contributed by atoms with van der Waals surface area (Å²) in [5, 5.41) is 1.20. The molecule has 2 aromatic carbocycles. The van der Waals surface area contributed by atoms with Gasteiger partial charge in [-0.1, -0.05) is 75.4 Å². The van der Waals surface area contributed by atoms with Crippen LogP contribution in [-0.4, -0.2) is 18.5 Å². The molecule has 0 spiro atoms. The summed E-state index contributed by atoms with van der Waals surface area (Å²) in [6.07, 6.45) is 6.28. The highest BCUT2D eigenvalue weighted by atomic mass is 16.3. The molecule has 0 fully saturated rings. The van der Waals surface area contributed by atoms with Crippen molar-refractivity contribution in [3.8, 4) is 0 Å². The Balaban J connectivity index is 1.58. The first kappa shape index (κ1) is 17.5. The lowest BCUT2D eigenvalue weighted by molar-refractivity contribution is 0.363. The molecule has 0 saturated carbocycles. The second-order valence-electron chi connectivity index (χ2n) is 7.73. The molecule has 25 heavy (non-hydrogen) atoms. The lowest BCUT2D eigenvalue weighted by Gasteiger charge is -2.18. The van der Waals surface area contributed by atoms with Crippen molar-refractivity contribution in [1.82, 2.24) is 4.90 Å². The summed E-state index contributed by atoms with van der Waals surface area (Å²) in [7, 11) is 2.13. The molecule has 130 valence electrons. The van der Waals surface area contributed by atoms with Gasteiger partial charge in [0.05, 0.1) is 6.26 Å². The van der Waals surface area contributed by atoms with Gasteiger partial charge in [-0.2, -0.15) is 0 Å². The predicted molar refractivity (Wildman–Crippen MR) is 107 cm³/mol. The predicted octanol–water partition coefficient (Wildman–Crippen LogP) is 5.88. The van der Waals surface area contributed by atoms with Crippen LogP contribution >= 0.6 is 0 Å². The lowest BCUT2D eigenvalue weighted by atomic mass is 9.87. The van der Waals surface area contributed by atoms with Gasteiger partial charge in [0.25, 0.3) is 0 Å². The summed E-state index contributed by atoms with van der Waals surface area (Å²) < 4.78 is 5.62. The summed E-state index contributed by atoms with van der Waals surface area (Å²) in [4.78, 5) is 2.29. The third-order valence-electron chi connectivity index (χ3n) is 4.51. The number of benzene rings is 2. The zero-order valence-electron chi connectivity index (χ0n) is 15.6. The number of fused-ring (bicyclic) bond motifs is 1. The molecule has 1 heterocycles. The van der Waals surface area contributed by atoms with Crippen LogP contribution in [0.4, 0.5) is 0 Å². The summed E-state index contributed by atoms with van der Waals surface area (Å²) in [6, 6.07) is 17.0. The smallest absolute Gasteiger partial charge is 0.134 e. The number of para-hydroxylation sites is 1. The van der Waals surface area contributed by atoms with Crippen LogP contribution in [0.3, 0.4) is 0 Å². The van der Waals surface area contributed by atoms with Gasteiger partial charge in [-0.15, -0.1) is 0 Å². The van der Waals surface area contributed by atoms with Gasteiger partial charge in [-0.25, -0.2) is 0 Å². The fourth-order valence-electron chi connectivity index (χ4n) is 2.97. The normalized spacial score (nSPS) is 12.5. The third-order valence-corrected chi connectivity index (χ3v) is 4.51. The van der Waals surface area contributed by atoms with Crippen molar-refractivity contribution in [1.29, 1.82) is 0 Å². The maximum atomic E-state index is 5.62. The largest absolute Gasteiger partial charge is 0.464 e. The molecule has 0 aliphatic rings. The molecule has 2 nitrogen and oxygen atoms in total. The summed E-state index contributed by atoms with van der Waals surface area (Å²) in [6.45, 7) is 8.51. The van der Waals surface area contributed by atoms with E-state index in [0.717, 1.165) is 18.7 Å². The molecule has 0 aliphatic carbocycles. The number of likely N-dealkylation sites (N-methyl/N-ethyl adjacent to an activating group) is 1. The molecule has 0 bridgehead atoms. The molecule has 3 aromatic rings. The third kappa shape index (κ3) is 4.40. The van der Waals surface area contributed by atoms with Crippen molar-refractivity contribution < 1.29 is 4.42 Å². The van der Waals surface area contributed by atoms with E-state index in [9.17, 15) is 0 Å². The van der Waals surface area contributed by atoms with Crippen LogP contribution in [0, 0.1) is 0 Å². The highest BCUT2D eigenvalue weighted by Gasteiger charge is 2.12. The Bertz CT molecular complexity index is 850. The Morgan fingerprint density at radius 2 is 1.72 bits per heavy atom. The first-order valence-corrected chi connectivity index (χ1v) is 8.84. The van der Waals surface area contributed by atoms with Crippen molar-refractivity contribution >= 4 is 17.0 Å². The fraction of sp³-hybridized carbons (Fsp3) is 0.304. The Labute approximate surface area is 150 Å². The molecule has 0 aliphatic heterocycles. The van der Waals surface area contributed by atoms with E-state index in [-0.39, 0.29) is 5.41 Å². The van der Waals surface area contributed by atoms with Gasteiger partial charge in [-0.3, -0.25) is 4.90 Å². The van der Waals surface area contributed by atoms with Gasteiger partial charge in [0.2, 0.25) is 0 Å². The van der Waals surface area contributed by atoms with E-state index in [2.05, 4.69) is 81.3 Å². The maximum absolute atomic E-state index is 5.62. The maximum Gasteiger partial charge on any atom is 0.134 e.